The first-order valence-electron chi connectivity index (χ1n) is 9.90. The van der Waals surface area contributed by atoms with E-state index in [9.17, 15) is 0 Å². The molecule has 0 unspecified atom stereocenters. The molecule has 3 heterocycles. The fourth-order valence-electron chi connectivity index (χ4n) is 4.31. The summed E-state index contributed by atoms with van der Waals surface area (Å²) < 4.78 is 1.96. The Bertz CT molecular complexity index is 1090. The standard InChI is InChI=1S/C22H24N6/c1-16-19(14-23-24-16)17-10-12-27(13-11-17)15-18-6-2-4-8-21(18)28-22-9-5-3-7-20(22)25-26-28/h2-9,14,17H,10-13,15H2,1H3,(H,23,24). The first kappa shape index (κ1) is 17.1. The Morgan fingerprint density at radius 1 is 1.04 bits per heavy atom. The van der Waals surface area contributed by atoms with Gasteiger partial charge in [0.2, 0.25) is 0 Å². The van der Waals surface area contributed by atoms with E-state index in [1.54, 1.807) is 0 Å². The monoisotopic (exact) mass is 372 g/mol. The lowest BCUT2D eigenvalue weighted by atomic mass is 9.89. The SMILES string of the molecule is Cc1[nH]ncc1C1CCN(Cc2ccccc2-n2nnc3ccccc32)CC1. The summed E-state index contributed by atoms with van der Waals surface area (Å²) in [5.41, 5.74) is 6.97. The molecule has 0 atom stereocenters. The van der Waals surface area contributed by atoms with Gasteiger partial charge in [0.15, 0.2) is 0 Å². The lowest BCUT2D eigenvalue weighted by Gasteiger charge is -2.32. The average Bonchev–Trinajstić information content (AvgIpc) is 3.35. The van der Waals surface area contributed by atoms with Gasteiger partial charge in [-0.05, 0) is 68.1 Å². The number of aromatic amines is 1. The Balaban J connectivity index is 1.35. The molecule has 0 bridgehead atoms. The van der Waals surface area contributed by atoms with Crippen LogP contribution in [0.15, 0.2) is 54.7 Å². The van der Waals surface area contributed by atoms with Gasteiger partial charge in [-0.2, -0.15) is 5.10 Å². The number of fused-ring (bicyclic) bond motifs is 1. The van der Waals surface area contributed by atoms with Crippen molar-refractivity contribution in [3.05, 3.63) is 71.5 Å². The minimum atomic E-state index is 0.615. The Morgan fingerprint density at radius 2 is 1.82 bits per heavy atom. The maximum Gasteiger partial charge on any atom is 0.113 e. The van der Waals surface area contributed by atoms with Gasteiger partial charge in [-0.15, -0.1) is 5.10 Å². The number of nitrogens with one attached hydrogen (secondary N) is 1. The summed E-state index contributed by atoms with van der Waals surface area (Å²) in [4.78, 5) is 2.55. The Hall–Kier alpha value is -2.99. The molecule has 4 aromatic rings. The molecule has 0 spiro atoms. The molecule has 5 rings (SSSR count). The van der Waals surface area contributed by atoms with Gasteiger partial charge < -0.3 is 0 Å². The molecular formula is C22H24N6. The van der Waals surface area contributed by atoms with E-state index in [1.165, 1.54) is 29.7 Å². The highest BCUT2D eigenvalue weighted by atomic mass is 15.4. The molecule has 1 aliphatic heterocycles. The van der Waals surface area contributed by atoms with E-state index in [0.717, 1.165) is 36.4 Å². The van der Waals surface area contributed by atoms with Crippen molar-refractivity contribution >= 4 is 11.0 Å². The van der Waals surface area contributed by atoms with Gasteiger partial charge >= 0.3 is 0 Å². The number of H-pyrrole nitrogens is 1. The van der Waals surface area contributed by atoms with Gasteiger partial charge in [-0.1, -0.05) is 35.5 Å². The first-order chi connectivity index (χ1) is 13.8. The van der Waals surface area contributed by atoms with Gasteiger partial charge in [-0.25, -0.2) is 4.68 Å². The number of nitrogens with zero attached hydrogens (tertiary/aromatic N) is 5. The summed E-state index contributed by atoms with van der Waals surface area (Å²) >= 11 is 0. The van der Waals surface area contributed by atoms with Crippen molar-refractivity contribution in [2.75, 3.05) is 13.1 Å². The van der Waals surface area contributed by atoms with Gasteiger partial charge in [0.25, 0.3) is 0 Å². The van der Waals surface area contributed by atoms with Crippen LogP contribution in [0.2, 0.25) is 0 Å². The lowest BCUT2D eigenvalue weighted by molar-refractivity contribution is 0.204. The van der Waals surface area contributed by atoms with Crippen LogP contribution in [-0.2, 0) is 6.54 Å². The van der Waals surface area contributed by atoms with Crippen LogP contribution in [0.3, 0.4) is 0 Å². The van der Waals surface area contributed by atoms with E-state index in [0.29, 0.717) is 5.92 Å². The molecule has 0 aliphatic carbocycles. The van der Waals surface area contributed by atoms with Gasteiger partial charge in [-0.3, -0.25) is 10.00 Å². The minimum absolute atomic E-state index is 0.615. The number of aromatic nitrogens is 5. The van der Waals surface area contributed by atoms with Crippen LogP contribution >= 0.6 is 0 Å². The largest absolute Gasteiger partial charge is 0.299 e. The minimum Gasteiger partial charge on any atom is -0.299 e. The topological polar surface area (TPSA) is 62.6 Å². The predicted molar refractivity (Wildman–Crippen MR) is 109 cm³/mol. The van der Waals surface area contributed by atoms with Crippen molar-refractivity contribution in [2.45, 2.75) is 32.2 Å². The molecule has 2 aromatic heterocycles. The predicted octanol–water partition coefficient (Wildman–Crippen LogP) is 3.83. The van der Waals surface area contributed by atoms with Crippen molar-refractivity contribution in [1.29, 1.82) is 0 Å². The molecule has 1 aliphatic rings. The van der Waals surface area contributed by atoms with Gasteiger partial charge in [0.1, 0.15) is 5.52 Å². The van der Waals surface area contributed by atoms with E-state index < -0.39 is 0 Å². The quantitative estimate of drug-likeness (QED) is 0.591. The summed E-state index contributed by atoms with van der Waals surface area (Å²) in [5, 5.41) is 16.0. The van der Waals surface area contributed by atoms with E-state index >= 15 is 0 Å². The van der Waals surface area contributed by atoms with Crippen LogP contribution in [0, 0.1) is 6.92 Å². The zero-order valence-electron chi connectivity index (χ0n) is 16.0. The number of aryl methyl sites for hydroxylation is 1. The van der Waals surface area contributed by atoms with E-state index in [-0.39, 0.29) is 0 Å². The zero-order chi connectivity index (χ0) is 18.9. The molecule has 0 radical (unpaired) electrons. The molecule has 2 aromatic carbocycles. The number of rotatable bonds is 4. The Morgan fingerprint density at radius 3 is 2.64 bits per heavy atom. The smallest absolute Gasteiger partial charge is 0.113 e. The number of benzene rings is 2. The first-order valence-corrected chi connectivity index (χ1v) is 9.90. The van der Waals surface area contributed by atoms with Gasteiger partial charge in [0, 0.05) is 12.2 Å². The van der Waals surface area contributed by atoms with Gasteiger partial charge in [0.05, 0.1) is 17.4 Å². The van der Waals surface area contributed by atoms with Crippen molar-refractivity contribution in [1.82, 2.24) is 30.1 Å². The van der Waals surface area contributed by atoms with Crippen LogP contribution in [0.1, 0.15) is 35.6 Å². The molecular weight excluding hydrogens is 348 g/mol. The van der Waals surface area contributed by atoms with Crippen LogP contribution in [0.25, 0.3) is 16.7 Å². The zero-order valence-corrected chi connectivity index (χ0v) is 16.0. The molecule has 6 heteroatoms. The molecule has 1 N–H and O–H groups in total. The summed E-state index contributed by atoms with van der Waals surface area (Å²) in [5.74, 6) is 0.615. The summed E-state index contributed by atoms with van der Waals surface area (Å²) in [6.07, 6.45) is 4.35. The molecule has 6 nitrogen and oxygen atoms in total. The Kier molecular flexibility index (Phi) is 4.41. The maximum absolute atomic E-state index is 4.41. The molecule has 0 saturated carbocycles. The highest BCUT2D eigenvalue weighted by Gasteiger charge is 2.23. The molecule has 0 amide bonds. The van der Waals surface area contributed by atoms with Crippen molar-refractivity contribution < 1.29 is 0 Å². The van der Waals surface area contributed by atoms with E-state index in [4.69, 9.17) is 0 Å². The summed E-state index contributed by atoms with van der Waals surface area (Å²) in [6, 6.07) is 16.6. The van der Waals surface area contributed by atoms with E-state index in [1.807, 2.05) is 29.1 Å². The third-order valence-corrected chi connectivity index (χ3v) is 5.86. The third kappa shape index (κ3) is 3.10. The normalized spacial score (nSPS) is 16.0. The summed E-state index contributed by atoms with van der Waals surface area (Å²) in [7, 11) is 0. The highest BCUT2D eigenvalue weighted by Crippen LogP contribution is 2.30. The average molecular weight is 372 g/mol. The Labute approximate surface area is 164 Å². The molecule has 1 saturated heterocycles. The second-order valence-corrected chi connectivity index (χ2v) is 7.62. The lowest BCUT2D eigenvalue weighted by Crippen LogP contribution is -2.32. The van der Waals surface area contributed by atoms with Crippen LogP contribution < -0.4 is 0 Å². The number of piperidine rings is 1. The third-order valence-electron chi connectivity index (χ3n) is 5.86. The summed E-state index contributed by atoms with van der Waals surface area (Å²) in [6.45, 7) is 5.25. The number of hydrogen-bond donors (Lipinski definition) is 1. The highest BCUT2D eigenvalue weighted by molar-refractivity contribution is 5.76. The second-order valence-electron chi connectivity index (χ2n) is 7.62. The maximum atomic E-state index is 4.41. The van der Waals surface area contributed by atoms with Crippen LogP contribution in [0.4, 0.5) is 0 Å². The van der Waals surface area contributed by atoms with E-state index in [2.05, 4.69) is 62.7 Å². The van der Waals surface area contributed by atoms with Crippen molar-refractivity contribution in [3.8, 4) is 5.69 Å². The second kappa shape index (κ2) is 7.20. The number of para-hydroxylation sites is 2. The van der Waals surface area contributed by atoms with Crippen molar-refractivity contribution in [2.24, 2.45) is 0 Å². The van der Waals surface area contributed by atoms with Crippen molar-refractivity contribution in [3.63, 3.8) is 0 Å². The fraction of sp³-hybridized carbons (Fsp3) is 0.318. The number of likely N-dealkylation sites (tertiary alicyclic amines) is 1. The fourth-order valence-corrected chi connectivity index (χ4v) is 4.31. The molecule has 28 heavy (non-hydrogen) atoms. The number of hydrogen-bond acceptors (Lipinski definition) is 4. The van der Waals surface area contributed by atoms with Crippen LogP contribution in [-0.4, -0.2) is 43.2 Å². The molecule has 1 fully saturated rings. The molecule has 142 valence electrons. The van der Waals surface area contributed by atoms with Crippen LogP contribution in [0.5, 0.6) is 0 Å².